The Hall–Kier alpha value is -1.64. The normalized spacial score (nSPS) is 10.6. The molecule has 0 fully saturated rings. The molecular weight excluding hydrogens is 306 g/mol. The van der Waals surface area contributed by atoms with Gasteiger partial charge in [-0.3, -0.25) is 4.79 Å². The molecule has 1 aromatic rings. The molecule has 0 aliphatic carbocycles. The van der Waals surface area contributed by atoms with Gasteiger partial charge in [-0.25, -0.2) is 8.78 Å². The van der Waals surface area contributed by atoms with Crippen molar-refractivity contribution < 1.29 is 23.6 Å². The van der Waals surface area contributed by atoms with Gasteiger partial charge in [-0.2, -0.15) is 0 Å². The number of halogens is 3. The molecule has 1 aromatic heterocycles. The van der Waals surface area contributed by atoms with E-state index in [4.69, 9.17) is 5.11 Å². The van der Waals surface area contributed by atoms with Crippen molar-refractivity contribution in [1.82, 2.24) is 4.98 Å². The first-order valence-corrected chi connectivity index (χ1v) is 4.96. The molecule has 0 bridgehead atoms. The quantitative estimate of drug-likeness (QED) is 0.523. The molecule has 0 amide bonds. The Morgan fingerprint density at radius 3 is 2.65 bits per heavy atom. The van der Waals surface area contributed by atoms with E-state index in [1.807, 2.05) is 0 Å². The third-order valence-electron chi connectivity index (χ3n) is 1.81. The molecule has 1 N–H and O–H groups in total. The molecule has 92 valence electrons. The number of rotatable bonds is 4. The summed E-state index contributed by atoms with van der Waals surface area (Å²) in [5.41, 5.74) is -0.937. The Morgan fingerprint density at radius 2 is 2.24 bits per heavy atom. The summed E-state index contributed by atoms with van der Waals surface area (Å²) in [5, 5.41) is 19.0. The van der Waals surface area contributed by atoms with Crippen LogP contribution in [0.2, 0.25) is 0 Å². The first-order valence-electron chi connectivity index (χ1n) is 4.16. The van der Waals surface area contributed by atoms with Crippen molar-refractivity contribution in [3.8, 4) is 0 Å². The first kappa shape index (κ1) is 13.4. The van der Waals surface area contributed by atoms with Crippen LogP contribution in [0.25, 0.3) is 0 Å². The van der Waals surface area contributed by atoms with Crippen LogP contribution in [0.4, 0.5) is 14.6 Å². The third-order valence-corrected chi connectivity index (χ3v) is 2.49. The van der Waals surface area contributed by atoms with Crippen molar-refractivity contribution in [2.75, 3.05) is 0 Å². The number of pyridine rings is 1. The van der Waals surface area contributed by atoms with Gasteiger partial charge < -0.3 is 15.2 Å². The van der Waals surface area contributed by atoms with Gasteiger partial charge in [-0.1, -0.05) is 0 Å². The summed E-state index contributed by atoms with van der Waals surface area (Å²) in [5.74, 6) is -2.23. The highest BCUT2D eigenvalue weighted by atomic mass is 79.9. The van der Waals surface area contributed by atoms with Crippen molar-refractivity contribution >= 4 is 27.7 Å². The van der Waals surface area contributed by atoms with Crippen LogP contribution in [-0.4, -0.2) is 21.0 Å². The zero-order chi connectivity index (χ0) is 13.2. The summed E-state index contributed by atoms with van der Waals surface area (Å²) in [7, 11) is 0. The SMILES string of the molecule is O=C(O)Cc1cc(C(F)F)c([N+](=O)[O-])nc1Br. The molecule has 0 aromatic carbocycles. The number of alkyl halides is 2. The molecule has 0 saturated heterocycles. The largest absolute Gasteiger partial charge is 0.481 e. The number of carbonyl (C=O) groups is 1. The molecule has 0 spiro atoms. The molecule has 1 rings (SSSR count). The summed E-state index contributed by atoms with van der Waals surface area (Å²) in [4.78, 5) is 23.2. The molecule has 0 atom stereocenters. The molecule has 1 heterocycles. The molecule has 0 radical (unpaired) electrons. The van der Waals surface area contributed by atoms with E-state index < -0.39 is 35.1 Å². The summed E-state index contributed by atoms with van der Waals surface area (Å²) in [6, 6.07) is 0.772. The van der Waals surface area contributed by atoms with E-state index in [2.05, 4.69) is 20.9 Å². The molecule has 9 heteroatoms. The van der Waals surface area contributed by atoms with E-state index >= 15 is 0 Å². The van der Waals surface area contributed by atoms with Crippen LogP contribution < -0.4 is 0 Å². The summed E-state index contributed by atoms with van der Waals surface area (Å²) < 4.78 is 24.9. The second-order valence-corrected chi connectivity index (χ2v) is 3.73. The zero-order valence-electron chi connectivity index (χ0n) is 8.06. The molecule has 0 unspecified atom stereocenters. The predicted octanol–water partition coefficient (Wildman–Crippen LogP) is 2.32. The van der Waals surface area contributed by atoms with Gasteiger partial charge >= 0.3 is 11.8 Å². The predicted molar refractivity (Wildman–Crippen MR) is 54.9 cm³/mol. The monoisotopic (exact) mass is 310 g/mol. The maximum atomic E-state index is 12.5. The van der Waals surface area contributed by atoms with Gasteiger partial charge in [-0.15, -0.1) is 0 Å². The van der Waals surface area contributed by atoms with Gasteiger partial charge in [0, 0.05) is 21.5 Å². The van der Waals surface area contributed by atoms with Crippen LogP contribution in [0.1, 0.15) is 17.6 Å². The number of hydrogen-bond acceptors (Lipinski definition) is 4. The summed E-state index contributed by atoms with van der Waals surface area (Å²) in [6.07, 6.45) is -3.64. The maximum Gasteiger partial charge on any atom is 0.373 e. The topological polar surface area (TPSA) is 93.3 Å². The van der Waals surface area contributed by atoms with Gasteiger partial charge in [0.1, 0.15) is 5.56 Å². The fourth-order valence-corrected chi connectivity index (χ4v) is 1.56. The van der Waals surface area contributed by atoms with Gasteiger partial charge in [0.15, 0.2) is 0 Å². The summed E-state index contributed by atoms with van der Waals surface area (Å²) in [6.45, 7) is 0. The zero-order valence-corrected chi connectivity index (χ0v) is 9.65. The Balaban J connectivity index is 3.34. The van der Waals surface area contributed by atoms with Crippen LogP contribution in [0.15, 0.2) is 10.7 Å². The molecule has 0 aliphatic heterocycles. The average Bonchev–Trinajstić information content (AvgIpc) is 2.19. The van der Waals surface area contributed by atoms with Crippen molar-refractivity contribution in [3.63, 3.8) is 0 Å². The number of nitro groups is 1. The van der Waals surface area contributed by atoms with Crippen LogP contribution in [0.3, 0.4) is 0 Å². The number of nitrogens with zero attached hydrogens (tertiary/aromatic N) is 2. The second-order valence-electron chi connectivity index (χ2n) is 2.98. The van der Waals surface area contributed by atoms with E-state index in [0.29, 0.717) is 0 Å². The minimum atomic E-state index is -3.09. The van der Waals surface area contributed by atoms with Crippen LogP contribution in [0.5, 0.6) is 0 Å². The Kier molecular flexibility index (Phi) is 4.05. The Morgan fingerprint density at radius 1 is 1.65 bits per heavy atom. The lowest BCUT2D eigenvalue weighted by Gasteiger charge is -2.04. The van der Waals surface area contributed by atoms with E-state index in [9.17, 15) is 23.7 Å². The molecule has 17 heavy (non-hydrogen) atoms. The highest BCUT2D eigenvalue weighted by molar-refractivity contribution is 9.10. The van der Waals surface area contributed by atoms with Crippen molar-refractivity contribution in [1.29, 1.82) is 0 Å². The van der Waals surface area contributed by atoms with E-state index in [0.717, 1.165) is 6.07 Å². The van der Waals surface area contributed by atoms with Crippen molar-refractivity contribution in [3.05, 3.63) is 31.9 Å². The minimum absolute atomic E-state index is 0.0431. The maximum absolute atomic E-state index is 12.5. The molecule has 0 saturated carbocycles. The minimum Gasteiger partial charge on any atom is -0.481 e. The standard InChI is InChI=1S/C8H5BrF2N2O4/c9-6-3(2-5(14)15)1-4(7(10)11)8(12-6)13(16)17/h1,7H,2H2,(H,14,15). The van der Waals surface area contributed by atoms with E-state index in [-0.39, 0.29) is 10.2 Å². The number of carboxylic acid groups (broad SMARTS) is 1. The van der Waals surface area contributed by atoms with Gasteiger partial charge in [0.05, 0.1) is 6.42 Å². The number of hydrogen-bond donors (Lipinski definition) is 1. The van der Waals surface area contributed by atoms with Crippen LogP contribution in [0, 0.1) is 10.1 Å². The third kappa shape index (κ3) is 3.16. The van der Waals surface area contributed by atoms with Gasteiger partial charge in [0.25, 0.3) is 6.43 Å². The van der Waals surface area contributed by atoms with Crippen LogP contribution in [-0.2, 0) is 11.2 Å². The highest BCUT2D eigenvalue weighted by Crippen LogP contribution is 2.31. The average molecular weight is 311 g/mol. The lowest BCUT2D eigenvalue weighted by molar-refractivity contribution is -0.391. The number of aromatic nitrogens is 1. The van der Waals surface area contributed by atoms with Gasteiger partial charge in [-0.05, 0) is 16.0 Å². The summed E-state index contributed by atoms with van der Waals surface area (Å²) >= 11 is 2.80. The van der Waals surface area contributed by atoms with Crippen LogP contribution >= 0.6 is 15.9 Å². The van der Waals surface area contributed by atoms with Gasteiger partial charge in [0.2, 0.25) is 4.60 Å². The Labute approximate surface area is 102 Å². The number of carboxylic acids is 1. The van der Waals surface area contributed by atoms with Crippen molar-refractivity contribution in [2.45, 2.75) is 12.8 Å². The number of aliphatic carboxylic acids is 1. The second kappa shape index (κ2) is 5.13. The fraction of sp³-hybridized carbons (Fsp3) is 0.250. The highest BCUT2D eigenvalue weighted by Gasteiger charge is 2.27. The van der Waals surface area contributed by atoms with E-state index in [1.165, 1.54) is 0 Å². The Bertz CT molecular complexity index is 481. The molecular formula is C8H5BrF2N2O4. The van der Waals surface area contributed by atoms with Crippen molar-refractivity contribution in [2.24, 2.45) is 0 Å². The first-order chi connectivity index (χ1) is 7.82. The molecule has 6 nitrogen and oxygen atoms in total. The lowest BCUT2D eigenvalue weighted by atomic mass is 10.1. The smallest absolute Gasteiger partial charge is 0.373 e. The van der Waals surface area contributed by atoms with E-state index in [1.54, 1.807) is 0 Å². The lowest BCUT2D eigenvalue weighted by Crippen LogP contribution is -2.06. The fourth-order valence-electron chi connectivity index (χ4n) is 1.13. The molecule has 0 aliphatic rings.